The van der Waals surface area contributed by atoms with Gasteiger partial charge in [-0.05, 0) is 58.7 Å². The topological polar surface area (TPSA) is 43.9 Å². The van der Waals surface area contributed by atoms with Crippen LogP contribution in [-0.2, 0) is 0 Å². The van der Waals surface area contributed by atoms with Gasteiger partial charge < -0.3 is 8.98 Å². The highest BCUT2D eigenvalue weighted by molar-refractivity contribution is 6.14. The number of aromatic nitrogens is 3. The largest absolute Gasteiger partial charge is 0.452 e. The zero-order chi connectivity index (χ0) is 33.0. The molecule has 0 aliphatic rings. The van der Waals surface area contributed by atoms with E-state index in [9.17, 15) is 0 Å². The fourth-order valence-electron chi connectivity index (χ4n) is 7.33. The normalized spacial score (nSPS) is 11.6. The van der Waals surface area contributed by atoms with Crippen LogP contribution in [-0.4, -0.2) is 14.5 Å². The Hall–Kier alpha value is -6.78. The molecule has 0 radical (unpaired) electrons. The molecule has 7 aromatic carbocycles. The van der Waals surface area contributed by atoms with Gasteiger partial charge in [0.05, 0.1) is 16.4 Å². The molecule has 3 heterocycles. The molecule has 3 aromatic heterocycles. The van der Waals surface area contributed by atoms with E-state index in [0.29, 0.717) is 11.4 Å². The molecular formula is C46H29N3O. The van der Waals surface area contributed by atoms with E-state index in [4.69, 9.17) is 14.4 Å². The molecule has 0 N–H and O–H groups in total. The van der Waals surface area contributed by atoms with E-state index in [0.717, 1.165) is 61.2 Å². The smallest absolute Gasteiger partial charge is 0.180 e. The van der Waals surface area contributed by atoms with Crippen molar-refractivity contribution in [2.24, 2.45) is 0 Å². The lowest BCUT2D eigenvalue weighted by molar-refractivity contribution is 0.667. The number of fused-ring (bicyclic) bond motifs is 6. The van der Waals surface area contributed by atoms with Crippen molar-refractivity contribution < 1.29 is 4.42 Å². The zero-order valence-corrected chi connectivity index (χ0v) is 27.0. The van der Waals surface area contributed by atoms with Crippen LogP contribution in [0.4, 0.5) is 0 Å². The third-order valence-electron chi connectivity index (χ3n) is 9.61. The third kappa shape index (κ3) is 4.54. The Balaban J connectivity index is 1.21. The second-order valence-electron chi connectivity index (χ2n) is 12.6. The van der Waals surface area contributed by atoms with Crippen LogP contribution in [0.3, 0.4) is 0 Å². The minimum absolute atomic E-state index is 0.662. The number of rotatable bonds is 5. The van der Waals surface area contributed by atoms with Crippen LogP contribution < -0.4 is 0 Å². The van der Waals surface area contributed by atoms with Gasteiger partial charge in [-0.15, -0.1) is 0 Å². The molecule has 0 aliphatic carbocycles. The van der Waals surface area contributed by atoms with Crippen molar-refractivity contribution in [1.82, 2.24) is 14.5 Å². The van der Waals surface area contributed by atoms with Crippen molar-refractivity contribution in [2.45, 2.75) is 0 Å². The number of hydrogen-bond donors (Lipinski definition) is 0. The lowest BCUT2D eigenvalue weighted by Gasteiger charge is -2.11. The minimum atomic E-state index is 0.662. The Morgan fingerprint density at radius 2 is 1.04 bits per heavy atom. The molecular weight excluding hydrogens is 611 g/mol. The number of furan rings is 1. The van der Waals surface area contributed by atoms with E-state index in [1.54, 1.807) is 0 Å². The summed E-state index contributed by atoms with van der Waals surface area (Å²) in [7, 11) is 0. The summed E-state index contributed by atoms with van der Waals surface area (Å²) in [5.74, 6) is 0.662. The zero-order valence-electron chi connectivity index (χ0n) is 27.0. The number of benzene rings is 7. The molecule has 50 heavy (non-hydrogen) atoms. The van der Waals surface area contributed by atoms with Gasteiger partial charge in [0.1, 0.15) is 16.8 Å². The van der Waals surface area contributed by atoms with Gasteiger partial charge in [-0.3, -0.25) is 0 Å². The Kier molecular flexibility index (Phi) is 6.46. The van der Waals surface area contributed by atoms with Gasteiger partial charge in [-0.25, -0.2) is 9.97 Å². The maximum atomic E-state index is 6.72. The van der Waals surface area contributed by atoms with E-state index in [2.05, 4.69) is 150 Å². The summed E-state index contributed by atoms with van der Waals surface area (Å²) in [5.41, 5.74) is 12.8. The first kappa shape index (κ1) is 28.3. The van der Waals surface area contributed by atoms with Gasteiger partial charge in [-0.2, -0.15) is 0 Å². The van der Waals surface area contributed by atoms with Gasteiger partial charge in [-0.1, -0.05) is 140 Å². The molecule has 0 bridgehead atoms. The Labute approximate surface area is 288 Å². The van der Waals surface area contributed by atoms with Crippen LogP contribution in [0.1, 0.15) is 0 Å². The quantitative estimate of drug-likeness (QED) is 0.188. The molecule has 0 saturated carbocycles. The number of nitrogens with zero attached hydrogens (tertiary/aromatic N) is 3. The Morgan fingerprint density at radius 1 is 0.440 bits per heavy atom. The molecule has 0 spiro atoms. The molecule has 0 fully saturated rings. The number of hydrogen-bond acceptors (Lipinski definition) is 3. The highest BCUT2D eigenvalue weighted by Gasteiger charge is 2.21. The SMILES string of the molecule is c1ccc(-c2cccc(-c3nc(-c4ccccc4)nc4c3oc3cccc(-c5cccc(-n6c7ccccc7c7ccccc76)c5)c34)c2)cc1. The van der Waals surface area contributed by atoms with E-state index in [-0.39, 0.29) is 0 Å². The van der Waals surface area contributed by atoms with Gasteiger partial charge in [0.2, 0.25) is 0 Å². The summed E-state index contributed by atoms with van der Waals surface area (Å²) in [6.07, 6.45) is 0. The van der Waals surface area contributed by atoms with Crippen LogP contribution in [0.2, 0.25) is 0 Å². The second-order valence-corrected chi connectivity index (χ2v) is 12.6. The maximum absolute atomic E-state index is 6.72. The maximum Gasteiger partial charge on any atom is 0.180 e. The van der Waals surface area contributed by atoms with Crippen LogP contribution in [0, 0.1) is 0 Å². The third-order valence-corrected chi connectivity index (χ3v) is 9.61. The van der Waals surface area contributed by atoms with Gasteiger partial charge in [0.25, 0.3) is 0 Å². The molecule has 0 atom stereocenters. The van der Waals surface area contributed by atoms with Crippen LogP contribution in [0.15, 0.2) is 180 Å². The lowest BCUT2D eigenvalue weighted by atomic mass is 9.99. The first-order valence-electron chi connectivity index (χ1n) is 16.8. The molecule has 10 rings (SSSR count). The standard InChI is InChI=1S/C46H29N3O/c1-3-14-30(15-4-1)32-18-11-20-34(28-32)43-45-44(48-46(47-43)31-16-5-2-6-17-31)42-36(24-13-27-41(42)50-45)33-19-12-21-35(29-33)49-39-25-9-7-22-37(39)38-23-8-10-26-40(38)49/h1-29H. The first-order valence-corrected chi connectivity index (χ1v) is 16.8. The Bertz CT molecular complexity index is 2810. The summed E-state index contributed by atoms with van der Waals surface area (Å²) in [6.45, 7) is 0. The van der Waals surface area contributed by atoms with E-state index >= 15 is 0 Å². The summed E-state index contributed by atoms with van der Waals surface area (Å²) in [4.78, 5) is 10.4. The molecule has 0 unspecified atom stereocenters. The minimum Gasteiger partial charge on any atom is -0.452 e. The van der Waals surface area contributed by atoms with Gasteiger partial charge in [0.15, 0.2) is 11.4 Å². The summed E-state index contributed by atoms with van der Waals surface area (Å²) < 4.78 is 9.08. The number of para-hydroxylation sites is 2. The van der Waals surface area contributed by atoms with Crippen molar-refractivity contribution in [3.63, 3.8) is 0 Å². The van der Waals surface area contributed by atoms with E-state index in [1.165, 1.54) is 21.8 Å². The first-order chi connectivity index (χ1) is 24.8. The highest BCUT2D eigenvalue weighted by Crippen LogP contribution is 2.41. The monoisotopic (exact) mass is 639 g/mol. The van der Waals surface area contributed by atoms with Gasteiger partial charge in [0, 0.05) is 27.6 Å². The van der Waals surface area contributed by atoms with E-state index < -0.39 is 0 Å². The lowest BCUT2D eigenvalue weighted by Crippen LogP contribution is -1.95. The van der Waals surface area contributed by atoms with Crippen LogP contribution >= 0.6 is 0 Å². The summed E-state index contributed by atoms with van der Waals surface area (Å²) in [5, 5.41) is 3.46. The molecule has 0 saturated heterocycles. The van der Waals surface area contributed by atoms with Crippen molar-refractivity contribution in [3.05, 3.63) is 176 Å². The van der Waals surface area contributed by atoms with Crippen molar-refractivity contribution in [2.75, 3.05) is 0 Å². The van der Waals surface area contributed by atoms with Crippen LogP contribution in [0.5, 0.6) is 0 Å². The fraction of sp³-hybridized carbons (Fsp3) is 0. The molecule has 4 heteroatoms. The Morgan fingerprint density at radius 3 is 1.80 bits per heavy atom. The molecule has 4 nitrogen and oxygen atoms in total. The van der Waals surface area contributed by atoms with Crippen molar-refractivity contribution in [1.29, 1.82) is 0 Å². The summed E-state index contributed by atoms with van der Waals surface area (Å²) in [6, 6.07) is 61.4. The predicted molar refractivity (Wildman–Crippen MR) is 205 cm³/mol. The fourth-order valence-corrected chi connectivity index (χ4v) is 7.33. The molecule has 234 valence electrons. The second kappa shape index (κ2) is 11.4. The summed E-state index contributed by atoms with van der Waals surface area (Å²) >= 11 is 0. The van der Waals surface area contributed by atoms with E-state index in [1.807, 2.05) is 30.3 Å². The van der Waals surface area contributed by atoms with Crippen molar-refractivity contribution in [3.8, 4) is 50.6 Å². The average molecular weight is 640 g/mol. The molecule has 0 amide bonds. The molecule has 0 aliphatic heterocycles. The molecule has 10 aromatic rings. The highest BCUT2D eigenvalue weighted by atomic mass is 16.3. The van der Waals surface area contributed by atoms with Gasteiger partial charge >= 0.3 is 0 Å². The van der Waals surface area contributed by atoms with Crippen LogP contribution in [0.25, 0.3) is 94.5 Å². The predicted octanol–water partition coefficient (Wildman–Crippen LogP) is 12.1. The average Bonchev–Trinajstić information content (AvgIpc) is 3.74. The van der Waals surface area contributed by atoms with Crippen molar-refractivity contribution >= 4 is 43.9 Å².